The molecule has 0 aliphatic rings. The van der Waals surface area contributed by atoms with Gasteiger partial charge < -0.3 is 9.84 Å². The maximum absolute atomic E-state index is 11.4. The first kappa shape index (κ1) is 8.74. The molecule has 2 rings (SSSR count). The normalized spacial score (nSPS) is 13.4. The molecule has 74 valence electrons. The average Bonchev–Trinajstić information content (AvgIpc) is 2.58. The van der Waals surface area contributed by atoms with Crippen molar-refractivity contribution in [1.82, 2.24) is 14.8 Å². The van der Waals surface area contributed by atoms with E-state index in [2.05, 4.69) is 15.0 Å². The molecule has 0 spiro atoms. The Labute approximate surface area is 80.0 Å². The average molecular weight is 194 g/mol. The molecule has 0 saturated heterocycles. The first-order valence-corrected chi connectivity index (χ1v) is 4.11. The lowest BCUT2D eigenvalue weighted by atomic mass is 10.3. The number of hydrogen-bond donors (Lipinski definition) is 0. The van der Waals surface area contributed by atoms with Gasteiger partial charge in [0.2, 0.25) is 0 Å². The van der Waals surface area contributed by atoms with Crippen molar-refractivity contribution in [1.29, 1.82) is 0 Å². The van der Waals surface area contributed by atoms with Crippen LogP contribution in [0.3, 0.4) is 0 Å². The Kier molecular flexibility index (Phi) is 1.77. The largest absolute Gasteiger partial charge is 0.616 e. The summed E-state index contributed by atoms with van der Waals surface area (Å²) in [5, 5.41) is 20.0. The van der Waals surface area contributed by atoms with Crippen LogP contribution in [-0.2, 0) is 11.8 Å². The first-order chi connectivity index (χ1) is 6.63. The summed E-state index contributed by atoms with van der Waals surface area (Å²) in [5.41, 5.74) is 1.34. The Bertz CT molecular complexity index is 531. The highest BCUT2D eigenvalue weighted by molar-refractivity contribution is 5.48. The Morgan fingerprint density at radius 2 is 2.36 bits per heavy atom. The Morgan fingerprint density at radius 1 is 1.64 bits per heavy atom. The lowest BCUT2D eigenvalue weighted by Gasteiger charge is -2.05. The zero-order valence-electron chi connectivity index (χ0n) is 8.18. The second-order valence-electron chi connectivity index (χ2n) is 3.03. The van der Waals surface area contributed by atoms with Crippen LogP contribution >= 0.6 is 0 Å². The minimum Gasteiger partial charge on any atom is -0.616 e. The predicted octanol–water partition coefficient (Wildman–Crippen LogP) is -2.35. The molecule has 0 aliphatic carbocycles. The summed E-state index contributed by atoms with van der Waals surface area (Å²) < 4.78 is 6.22. The zero-order chi connectivity index (χ0) is 10.3. The number of ether oxygens (including phenoxy) is 1. The molecule has 0 aromatic carbocycles. The van der Waals surface area contributed by atoms with Crippen LogP contribution in [0.2, 0.25) is 0 Å². The molecule has 2 heterocycles. The van der Waals surface area contributed by atoms with E-state index in [1.165, 1.54) is 11.9 Å². The van der Waals surface area contributed by atoms with Crippen LogP contribution in [0.4, 0.5) is 0 Å². The second-order valence-corrected chi connectivity index (χ2v) is 3.03. The Balaban J connectivity index is 2.92. The number of hydrogen-bond acceptors (Lipinski definition) is 4. The van der Waals surface area contributed by atoms with Crippen LogP contribution < -0.4 is 15.1 Å². The molecule has 2 aromatic rings. The van der Waals surface area contributed by atoms with Gasteiger partial charge in [0.25, 0.3) is 5.65 Å². The number of aryl methyl sites for hydroxylation is 2. The fraction of sp³-hybridized carbons (Fsp3) is 0.375. The van der Waals surface area contributed by atoms with Crippen molar-refractivity contribution in [2.75, 3.05) is 7.11 Å². The molecule has 0 aliphatic heterocycles. The van der Waals surface area contributed by atoms with Crippen LogP contribution in [0, 0.1) is 6.92 Å². The molecule has 6 nitrogen and oxygen atoms in total. The Morgan fingerprint density at radius 3 is 3.00 bits per heavy atom. The van der Waals surface area contributed by atoms with Gasteiger partial charge in [0, 0.05) is 5.56 Å². The lowest BCUT2D eigenvalue weighted by Crippen LogP contribution is -2.34. The molecule has 6 heteroatoms. The molecule has 0 N–H and O–H groups in total. The number of aromatic nitrogens is 4. The molecule has 0 amide bonds. The molecular weight excluding hydrogens is 184 g/mol. The SMILES string of the molecule is CO/C([O-])=c1\c(C)cn2n[n+](C)nc12. The Hall–Kier alpha value is -1.85. The third kappa shape index (κ3) is 1.07. The van der Waals surface area contributed by atoms with Crippen molar-refractivity contribution in [2.45, 2.75) is 6.92 Å². The van der Waals surface area contributed by atoms with E-state index >= 15 is 0 Å². The van der Waals surface area contributed by atoms with E-state index in [0.717, 1.165) is 5.56 Å². The molecule has 14 heavy (non-hydrogen) atoms. The maximum atomic E-state index is 11.4. The quantitative estimate of drug-likeness (QED) is 0.477. The molecule has 0 saturated carbocycles. The van der Waals surface area contributed by atoms with Gasteiger partial charge in [0.1, 0.15) is 18.5 Å². The van der Waals surface area contributed by atoms with Gasteiger partial charge in [0.15, 0.2) is 0 Å². The lowest BCUT2D eigenvalue weighted by molar-refractivity contribution is -0.783. The number of tetrazole rings is 1. The van der Waals surface area contributed by atoms with Crippen molar-refractivity contribution in [2.24, 2.45) is 7.05 Å². The van der Waals surface area contributed by atoms with Crippen molar-refractivity contribution < 1.29 is 14.6 Å². The monoisotopic (exact) mass is 194 g/mol. The van der Waals surface area contributed by atoms with Gasteiger partial charge in [-0.15, -0.1) is 0 Å². The van der Waals surface area contributed by atoms with Crippen molar-refractivity contribution in [3.05, 3.63) is 17.0 Å². The number of methoxy groups -OCH3 is 1. The van der Waals surface area contributed by atoms with Gasteiger partial charge in [-0.1, -0.05) is 4.52 Å². The summed E-state index contributed by atoms with van der Waals surface area (Å²) in [6.45, 7) is 1.82. The van der Waals surface area contributed by atoms with Crippen LogP contribution in [0.5, 0.6) is 0 Å². The third-order valence-corrected chi connectivity index (χ3v) is 2.01. The highest BCUT2D eigenvalue weighted by Crippen LogP contribution is 1.96. The standard InChI is InChI=1S/C8H10N4O2/c1-5-4-12-7(9-11(2)10-12)6(5)8(13)14-3/h4H,1-3H3. The number of nitrogens with zero attached hydrogens (tertiary/aromatic N) is 4. The zero-order valence-corrected chi connectivity index (χ0v) is 8.18. The van der Waals surface area contributed by atoms with Crippen LogP contribution in [0.15, 0.2) is 6.20 Å². The van der Waals surface area contributed by atoms with Crippen LogP contribution in [-0.4, -0.2) is 21.9 Å². The van der Waals surface area contributed by atoms with Crippen molar-refractivity contribution in [3.63, 3.8) is 0 Å². The summed E-state index contributed by atoms with van der Waals surface area (Å²) in [7, 11) is 3.05. The first-order valence-electron chi connectivity index (χ1n) is 4.11. The smallest absolute Gasteiger partial charge is 0.297 e. The van der Waals surface area contributed by atoms with Crippen LogP contribution in [0.1, 0.15) is 5.56 Å². The molecule has 0 bridgehead atoms. The highest BCUT2D eigenvalue weighted by atomic mass is 16.6. The fourth-order valence-corrected chi connectivity index (χ4v) is 1.41. The summed E-state index contributed by atoms with van der Waals surface area (Å²) >= 11 is 0. The molecule has 0 fully saturated rings. The number of fused-ring (bicyclic) bond motifs is 1. The van der Waals surface area contributed by atoms with E-state index in [1.54, 1.807) is 17.8 Å². The maximum Gasteiger partial charge on any atom is 0.297 e. The predicted molar refractivity (Wildman–Crippen MR) is 44.5 cm³/mol. The molecular formula is C8H10N4O2. The third-order valence-electron chi connectivity index (χ3n) is 2.01. The molecule has 0 radical (unpaired) electrons. The highest BCUT2D eigenvalue weighted by Gasteiger charge is 2.14. The summed E-state index contributed by atoms with van der Waals surface area (Å²) in [5.74, 6) is -0.384. The van der Waals surface area contributed by atoms with E-state index < -0.39 is 0 Å². The van der Waals surface area contributed by atoms with Crippen LogP contribution in [0.25, 0.3) is 11.6 Å². The molecule has 0 atom stereocenters. The molecule has 2 aromatic heterocycles. The fourth-order valence-electron chi connectivity index (χ4n) is 1.41. The van der Waals surface area contributed by atoms with Crippen molar-refractivity contribution >= 4 is 11.6 Å². The minimum absolute atomic E-state index is 0.384. The molecule has 0 unspecified atom stereocenters. The van der Waals surface area contributed by atoms with Gasteiger partial charge in [-0.2, -0.15) is 0 Å². The number of rotatable bonds is 1. The van der Waals surface area contributed by atoms with E-state index in [9.17, 15) is 5.11 Å². The van der Waals surface area contributed by atoms with Gasteiger partial charge in [-0.25, -0.2) is 0 Å². The van der Waals surface area contributed by atoms with E-state index in [0.29, 0.717) is 10.9 Å². The van der Waals surface area contributed by atoms with E-state index in [1.807, 2.05) is 6.92 Å². The van der Waals surface area contributed by atoms with Gasteiger partial charge in [-0.05, 0) is 23.9 Å². The van der Waals surface area contributed by atoms with E-state index in [4.69, 9.17) is 0 Å². The minimum atomic E-state index is -0.384. The van der Waals surface area contributed by atoms with Gasteiger partial charge >= 0.3 is 0 Å². The van der Waals surface area contributed by atoms with Gasteiger partial charge in [0.05, 0.1) is 11.2 Å². The van der Waals surface area contributed by atoms with E-state index in [-0.39, 0.29) is 5.95 Å². The topological polar surface area (TPSA) is 66.4 Å². The summed E-state index contributed by atoms with van der Waals surface area (Å²) in [6.07, 6.45) is 1.74. The second kappa shape index (κ2) is 2.83. The van der Waals surface area contributed by atoms with Crippen molar-refractivity contribution in [3.8, 4) is 0 Å². The summed E-state index contributed by atoms with van der Waals surface area (Å²) in [6, 6.07) is 0. The summed E-state index contributed by atoms with van der Waals surface area (Å²) in [4.78, 5) is 1.40. The van der Waals surface area contributed by atoms with Gasteiger partial charge in [-0.3, -0.25) is 0 Å².